The Kier molecular flexibility index (Phi) is 7.64. The summed E-state index contributed by atoms with van der Waals surface area (Å²) in [6, 6.07) is 12.6. The minimum Gasteiger partial charge on any atom is -0.478 e. The monoisotopic (exact) mass is 358 g/mol. The van der Waals surface area contributed by atoms with Crippen molar-refractivity contribution in [3.05, 3.63) is 59.7 Å². The molecule has 0 aromatic heterocycles. The Hall–Kier alpha value is -2.86. The molecule has 0 saturated carbocycles. The van der Waals surface area contributed by atoms with E-state index in [2.05, 4.69) is 6.92 Å². The van der Waals surface area contributed by atoms with Gasteiger partial charge in [-0.3, -0.25) is 0 Å². The fraction of sp³-hybridized carbons (Fsp3) is 0.300. The number of rotatable bonds is 10. The Morgan fingerprint density at radius 1 is 0.962 bits per heavy atom. The van der Waals surface area contributed by atoms with Gasteiger partial charge >= 0.3 is 11.9 Å². The normalized spacial score (nSPS) is 10.3. The van der Waals surface area contributed by atoms with Crippen molar-refractivity contribution in [2.24, 2.45) is 0 Å². The van der Waals surface area contributed by atoms with Crippen molar-refractivity contribution in [1.29, 1.82) is 0 Å². The summed E-state index contributed by atoms with van der Waals surface area (Å²) in [4.78, 5) is 34.1. The number of para-hydroxylation sites is 1. The second-order valence-corrected chi connectivity index (χ2v) is 5.66. The average Bonchev–Trinajstić information content (AvgIpc) is 2.66. The van der Waals surface area contributed by atoms with E-state index in [0.29, 0.717) is 12.2 Å². The molecule has 2 rings (SSSR count). The molecule has 0 amide bonds. The maximum Gasteiger partial charge on any atom is 0.343 e. The number of unbranched alkanes of at least 4 members (excludes halogenated alkanes) is 3. The molecular weight excluding hydrogens is 336 g/mol. The van der Waals surface area contributed by atoms with E-state index in [0.717, 1.165) is 25.7 Å². The molecule has 6 nitrogen and oxygen atoms in total. The van der Waals surface area contributed by atoms with Crippen LogP contribution in [0.15, 0.2) is 48.5 Å². The third kappa shape index (κ3) is 5.60. The van der Waals surface area contributed by atoms with Gasteiger partial charge in [0.15, 0.2) is 5.75 Å². The van der Waals surface area contributed by atoms with Gasteiger partial charge in [0.1, 0.15) is 5.56 Å². The summed E-state index contributed by atoms with van der Waals surface area (Å²) in [7, 11) is 0. The smallest absolute Gasteiger partial charge is 0.343 e. The zero-order valence-corrected chi connectivity index (χ0v) is 14.6. The van der Waals surface area contributed by atoms with Gasteiger partial charge in [-0.05, 0) is 30.7 Å². The Bertz CT molecular complexity index is 726. The number of carbonyl (C=O) groups is 2. The van der Waals surface area contributed by atoms with Gasteiger partial charge < -0.3 is 14.7 Å². The standard InChI is InChI=1S/C20H22O6/c1-2-3-4-8-14-24-26-17-13-9-12-16(19(21)22)18(17)25-20(23)15-10-6-5-7-11-15/h5-7,9-13H,2-4,8,14H2,1H3,(H,21,22). The third-order valence-corrected chi connectivity index (χ3v) is 3.64. The quantitative estimate of drug-likeness (QED) is 0.221. The van der Waals surface area contributed by atoms with Gasteiger partial charge in [0.25, 0.3) is 0 Å². The highest BCUT2D eigenvalue weighted by Gasteiger charge is 2.21. The van der Waals surface area contributed by atoms with E-state index in [9.17, 15) is 14.7 Å². The van der Waals surface area contributed by atoms with Crippen molar-refractivity contribution in [1.82, 2.24) is 0 Å². The Morgan fingerprint density at radius 2 is 1.73 bits per heavy atom. The minimum absolute atomic E-state index is 0.0460. The SMILES string of the molecule is CCCCCCOOc1cccc(C(=O)O)c1OC(=O)c1ccccc1. The Labute approximate surface area is 152 Å². The molecular formula is C20H22O6. The van der Waals surface area contributed by atoms with Crippen molar-refractivity contribution in [2.45, 2.75) is 32.6 Å². The molecule has 0 aliphatic carbocycles. The number of hydrogen-bond donors (Lipinski definition) is 1. The number of carboxylic acid groups (broad SMARTS) is 1. The summed E-state index contributed by atoms with van der Waals surface area (Å²) in [6.07, 6.45) is 4.06. The number of ether oxygens (including phenoxy) is 1. The molecule has 6 heteroatoms. The van der Waals surface area contributed by atoms with Gasteiger partial charge in [-0.1, -0.05) is 50.5 Å². The van der Waals surface area contributed by atoms with Crippen LogP contribution < -0.4 is 9.62 Å². The van der Waals surface area contributed by atoms with Crippen LogP contribution in [0.2, 0.25) is 0 Å². The second-order valence-electron chi connectivity index (χ2n) is 5.66. The molecule has 0 saturated heterocycles. The molecule has 0 aliphatic rings. The van der Waals surface area contributed by atoms with Crippen molar-refractivity contribution in [3.8, 4) is 11.5 Å². The lowest BCUT2D eigenvalue weighted by molar-refractivity contribution is -0.208. The first kappa shape index (κ1) is 19.5. The number of carbonyl (C=O) groups excluding carboxylic acids is 1. The van der Waals surface area contributed by atoms with E-state index in [-0.39, 0.29) is 17.1 Å². The molecule has 0 fully saturated rings. The summed E-state index contributed by atoms with van der Waals surface area (Å²) in [6.45, 7) is 2.48. The lowest BCUT2D eigenvalue weighted by Crippen LogP contribution is -2.13. The summed E-state index contributed by atoms with van der Waals surface area (Å²) in [5.41, 5.74) is 0.125. The Morgan fingerprint density at radius 3 is 2.42 bits per heavy atom. The van der Waals surface area contributed by atoms with E-state index < -0.39 is 11.9 Å². The van der Waals surface area contributed by atoms with Gasteiger partial charge in [0.2, 0.25) is 5.75 Å². The third-order valence-electron chi connectivity index (χ3n) is 3.64. The first-order chi connectivity index (χ1) is 12.6. The number of hydrogen-bond acceptors (Lipinski definition) is 5. The summed E-state index contributed by atoms with van der Waals surface area (Å²) >= 11 is 0. The topological polar surface area (TPSA) is 82.1 Å². The molecule has 0 bridgehead atoms. The van der Waals surface area contributed by atoms with Crippen LogP contribution in [0, 0.1) is 0 Å². The predicted molar refractivity (Wildman–Crippen MR) is 95.5 cm³/mol. The molecule has 2 aromatic carbocycles. The molecule has 0 radical (unpaired) electrons. The maximum absolute atomic E-state index is 12.3. The lowest BCUT2D eigenvalue weighted by atomic mass is 10.2. The fourth-order valence-corrected chi connectivity index (χ4v) is 2.27. The van der Waals surface area contributed by atoms with E-state index in [1.165, 1.54) is 18.2 Å². The molecule has 0 heterocycles. The van der Waals surface area contributed by atoms with Crippen LogP contribution in [0.4, 0.5) is 0 Å². The highest BCUT2D eigenvalue weighted by molar-refractivity contribution is 5.96. The molecule has 1 N–H and O–H groups in total. The van der Waals surface area contributed by atoms with Crippen LogP contribution in [0.3, 0.4) is 0 Å². The first-order valence-electron chi connectivity index (χ1n) is 8.56. The van der Waals surface area contributed by atoms with Crippen LogP contribution in [0.25, 0.3) is 0 Å². The van der Waals surface area contributed by atoms with Crippen LogP contribution in [0.5, 0.6) is 11.5 Å². The predicted octanol–water partition coefficient (Wildman–Crippen LogP) is 4.49. The van der Waals surface area contributed by atoms with Crippen molar-refractivity contribution in [3.63, 3.8) is 0 Å². The van der Waals surface area contributed by atoms with Crippen LogP contribution in [-0.4, -0.2) is 23.7 Å². The van der Waals surface area contributed by atoms with E-state index in [1.807, 2.05) is 0 Å². The minimum atomic E-state index is -1.23. The number of benzene rings is 2. The molecule has 2 aromatic rings. The van der Waals surface area contributed by atoms with Crippen molar-refractivity contribution in [2.75, 3.05) is 6.61 Å². The highest BCUT2D eigenvalue weighted by atomic mass is 17.2. The number of carboxylic acids is 1. The second kappa shape index (κ2) is 10.2. The molecule has 0 spiro atoms. The summed E-state index contributed by atoms with van der Waals surface area (Å²) in [5, 5.41) is 9.35. The van der Waals surface area contributed by atoms with Gasteiger partial charge in [0.05, 0.1) is 12.2 Å². The van der Waals surface area contributed by atoms with E-state index in [4.69, 9.17) is 14.5 Å². The largest absolute Gasteiger partial charge is 0.478 e. The highest BCUT2D eigenvalue weighted by Crippen LogP contribution is 2.32. The zero-order chi connectivity index (χ0) is 18.8. The first-order valence-corrected chi connectivity index (χ1v) is 8.56. The van der Waals surface area contributed by atoms with Gasteiger partial charge in [-0.25, -0.2) is 9.59 Å². The van der Waals surface area contributed by atoms with Gasteiger partial charge in [-0.2, -0.15) is 4.89 Å². The molecule has 26 heavy (non-hydrogen) atoms. The molecule has 0 aliphatic heterocycles. The average molecular weight is 358 g/mol. The molecule has 0 unspecified atom stereocenters. The zero-order valence-electron chi connectivity index (χ0n) is 14.6. The Balaban J connectivity index is 2.11. The molecule has 138 valence electrons. The van der Waals surface area contributed by atoms with Crippen LogP contribution in [-0.2, 0) is 4.89 Å². The van der Waals surface area contributed by atoms with Gasteiger partial charge in [-0.15, -0.1) is 0 Å². The van der Waals surface area contributed by atoms with Crippen LogP contribution in [0.1, 0.15) is 53.3 Å². The van der Waals surface area contributed by atoms with Crippen molar-refractivity contribution >= 4 is 11.9 Å². The number of aromatic carboxylic acids is 1. The maximum atomic E-state index is 12.3. The van der Waals surface area contributed by atoms with E-state index >= 15 is 0 Å². The van der Waals surface area contributed by atoms with E-state index in [1.54, 1.807) is 30.3 Å². The fourth-order valence-electron chi connectivity index (χ4n) is 2.27. The van der Waals surface area contributed by atoms with Crippen molar-refractivity contribution < 1.29 is 29.2 Å². The van der Waals surface area contributed by atoms with Crippen LogP contribution >= 0.6 is 0 Å². The number of esters is 1. The lowest BCUT2D eigenvalue weighted by Gasteiger charge is -2.12. The summed E-state index contributed by atoms with van der Waals surface area (Å²) < 4.78 is 5.29. The molecule has 0 atom stereocenters. The summed E-state index contributed by atoms with van der Waals surface area (Å²) in [5.74, 6) is -2.03. The van der Waals surface area contributed by atoms with Gasteiger partial charge in [0, 0.05) is 0 Å².